The first-order valence-corrected chi connectivity index (χ1v) is 9.47. The van der Waals surface area contributed by atoms with Crippen molar-refractivity contribution in [3.8, 4) is 0 Å². The molecule has 2 saturated carbocycles. The van der Waals surface area contributed by atoms with Gasteiger partial charge in [-0.1, -0.05) is 45.8 Å². The fraction of sp³-hybridized carbons (Fsp3) is 0.810. The summed E-state index contributed by atoms with van der Waals surface area (Å²) in [6.45, 7) is 10.8. The monoisotopic (exact) mass is 316 g/mol. The van der Waals surface area contributed by atoms with E-state index in [0.717, 1.165) is 32.1 Å². The van der Waals surface area contributed by atoms with Gasteiger partial charge in [0.25, 0.3) is 0 Å². The van der Waals surface area contributed by atoms with E-state index in [0.29, 0.717) is 35.7 Å². The molecule has 0 bridgehead atoms. The van der Waals surface area contributed by atoms with Gasteiger partial charge in [-0.15, -0.1) is 0 Å². The van der Waals surface area contributed by atoms with Gasteiger partial charge in [-0.3, -0.25) is 9.59 Å². The molecular formula is C21H32O2. The van der Waals surface area contributed by atoms with Crippen molar-refractivity contribution in [2.24, 2.45) is 34.5 Å². The van der Waals surface area contributed by atoms with Crippen LogP contribution in [0.1, 0.15) is 73.1 Å². The molecule has 2 nitrogen and oxygen atoms in total. The number of carbonyl (C=O) groups excluding carboxylic acids is 2. The normalized spacial score (nSPS) is 46.7. The van der Waals surface area contributed by atoms with Crippen LogP contribution in [0.5, 0.6) is 0 Å². The molecule has 0 aliphatic heterocycles. The van der Waals surface area contributed by atoms with E-state index in [-0.39, 0.29) is 16.7 Å². The molecule has 0 aromatic heterocycles. The third-order valence-electron chi connectivity index (χ3n) is 7.90. The summed E-state index contributed by atoms with van der Waals surface area (Å²) in [4.78, 5) is 24.5. The van der Waals surface area contributed by atoms with Crippen LogP contribution in [0.4, 0.5) is 0 Å². The molecule has 2 heteroatoms. The fourth-order valence-electron chi connectivity index (χ4n) is 6.34. The number of fused-ring (bicyclic) bond motifs is 3. The zero-order chi connectivity index (χ0) is 17.0. The molecule has 6 unspecified atom stereocenters. The molecule has 6 atom stereocenters. The number of carbonyl (C=O) groups is 2. The van der Waals surface area contributed by atoms with Gasteiger partial charge in [0.2, 0.25) is 0 Å². The Morgan fingerprint density at radius 3 is 2.65 bits per heavy atom. The summed E-state index contributed by atoms with van der Waals surface area (Å²) in [6.07, 6.45) is 8.37. The van der Waals surface area contributed by atoms with Crippen molar-refractivity contribution >= 4 is 11.6 Å². The Morgan fingerprint density at radius 2 is 2.04 bits per heavy atom. The Bertz CT molecular complexity index is 560. The van der Waals surface area contributed by atoms with Gasteiger partial charge in [0.15, 0.2) is 0 Å². The number of allylic oxidation sites excluding steroid dienone is 2. The molecule has 0 radical (unpaired) electrons. The van der Waals surface area contributed by atoms with Crippen molar-refractivity contribution in [2.45, 2.75) is 73.1 Å². The van der Waals surface area contributed by atoms with Gasteiger partial charge >= 0.3 is 0 Å². The van der Waals surface area contributed by atoms with Gasteiger partial charge in [-0.05, 0) is 55.8 Å². The Morgan fingerprint density at radius 1 is 1.35 bits per heavy atom. The molecule has 0 heterocycles. The molecule has 3 aliphatic rings. The van der Waals surface area contributed by atoms with Crippen molar-refractivity contribution in [3.05, 3.63) is 11.6 Å². The third-order valence-corrected chi connectivity index (χ3v) is 7.90. The van der Waals surface area contributed by atoms with Crippen LogP contribution in [-0.4, -0.2) is 11.6 Å². The highest BCUT2D eigenvalue weighted by molar-refractivity contribution is 5.85. The Labute approximate surface area is 141 Å². The largest absolute Gasteiger partial charge is 0.299 e. The maximum Gasteiger partial charge on any atom is 0.139 e. The molecule has 2 fully saturated rings. The first-order chi connectivity index (χ1) is 10.7. The van der Waals surface area contributed by atoms with Crippen LogP contribution in [0, 0.1) is 34.5 Å². The van der Waals surface area contributed by atoms with Crippen molar-refractivity contribution < 1.29 is 9.59 Å². The summed E-state index contributed by atoms with van der Waals surface area (Å²) >= 11 is 0. The summed E-state index contributed by atoms with van der Waals surface area (Å²) in [5.41, 5.74) is 1.44. The minimum Gasteiger partial charge on any atom is -0.299 e. The van der Waals surface area contributed by atoms with E-state index in [1.54, 1.807) is 6.92 Å². The van der Waals surface area contributed by atoms with Crippen LogP contribution >= 0.6 is 0 Å². The SMILES string of the molecule is CCC1C2CC=C3CC(=O)C(C)CC3(C)C2CCC1(C)C(C)=O. The van der Waals surface area contributed by atoms with Crippen LogP contribution in [0.25, 0.3) is 0 Å². The molecule has 23 heavy (non-hydrogen) atoms. The molecule has 0 aromatic carbocycles. The summed E-state index contributed by atoms with van der Waals surface area (Å²) < 4.78 is 0. The second-order valence-corrected chi connectivity index (χ2v) is 8.93. The minimum atomic E-state index is -0.145. The maximum absolute atomic E-state index is 12.4. The predicted molar refractivity (Wildman–Crippen MR) is 93.0 cm³/mol. The number of rotatable bonds is 2. The van der Waals surface area contributed by atoms with Gasteiger partial charge in [0.1, 0.15) is 11.6 Å². The maximum atomic E-state index is 12.4. The van der Waals surface area contributed by atoms with Crippen LogP contribution in [0.3, 0.4) is 0 Å². The Hall–Kier alpha value is -0.920. The molecule has 3 aliphatic carbocycles. The number of Topliss-reactive ketones (excluding diaryl/α,β-unsaturated/α-hetero) is 2. The summed E-state index contributed by atoms with van der Waals surface area (Å²) in [5.74, 6) is 2.73. The number of ketones is 2. The average molecular weight is 316 g/mol. The van der Waals surface area contributed by atoms with Crippen molar-refractivity contribution in [2.75, 3.05) is 0 Å². The van der Waals surface area contributed by atoms with Crippen LogP contribution < -0.4 is 0 Å². The Balaban J connectivity index is 1.98. The summed E-state index contributed by atoms with van der Waals surface area (Å²) in [7, 11) is 0. The highest BCUT2D eigenvalue weighted by Gasteiger charge is 2.56. The summed E-state index contributed by atoms with van der Waals surface area (Å²) in [6, 6.07) is 0. The van der Waals surface area contributed by atoms with E-state index in [2.05, 4.69) is 33.8 Å². The summed E-state index contributed by atoms with van der Waals surface area (Å²) in [5, 5.41) is 0. The second-order valence-electron chi connectivity index (χ2n) is 8.93. The smallest absolute Gasteiger partial charge is 0.139 e. The molecule has 0 amide bonds. The highest BCUT2D eigenvalue weighted by Crippen LogP contribution is 2.62. The highest BCUT2D eigenvalue weighted by atomic mass is 16.1. The lowest BCUT2D eigenvalue weighted by Crippen LogP contribution is -2.53. The van der Waals surface area contributed by atoms with E-state index in [1.165, 1.54) is 5.57 Å². The van der Waals surface area contributed by atoms with E-state index in [9.17, 15) is 9.59 Å². The molecular weight excluding hydrogens is 284 g/mol. The molecule has 0 spiro atoms. The average Bonchev–Trinajstić information content (AvgIpc) is 2.48. The third kappa shape index (κ3) is 2.36. The Kier molecular flexibility index (Phi) is 4.09. The second kappa shape index (κ2) is 5.57. The number of hydrogen-bond donors (Lipinski definition) is 0. The molecule has 0 aromatic rings. The molecule has 3 rings (SSSR count). The lowest BCUT2D eigenvalue weighted by atomic mass is 9.46. The van der Waals surface area contributed by atoms with Gasteiger partial charge in [-0.2, -0.15) is 0 Å². The van der Waals surface area contributed by atoms with Gasteiger partial charge < -0.3 is 0 Å². The first kappa shape index (κ1) is 16.9. The molecule has 0 N–H and O–H groups in total. The van der Waals surface area contributed by atoms with Crippen molar-refractivity contribution in [1.29, 1.82) is 0 Å². The van der Waals surface area contributed by atoms with Gasteiger partial charge in [0, 0.05) is 17.8 Å². The number of hydrogen-bond acceptors (Lipinski definition) is 2. The first-order valence-electron chi connectivity index (χ1n) is 9.47. The van der Waals surface area contributed by atoms with Gasteiger partial charge in [0.05, 0.1) is 0 Å². The van der Waals surface area contributed by atoms with Gasteiger partial charge in [-0.25, -0.2) is 0 Å². The van der Waals surface area contributed by atoms with Crippen LogP contribution in [0.15, 0.2) is 11.6 Å². The van der Waals surface area contributed by atoms with Crippen LogP contribution in [0.2, 0.25) is 0 Å². The quantitative estimate of drug-likeness (QED) is 0.674. The lowest BCUT2D eigenvalue weighted by Gasteiger charge is -2.58. The zero-order valence-corrected chi connectivity index (χ0v) is 15.4. The van der Waals surface area contributed by atoms with E-state index < -0.39 is 0 Å². The topological polar surface area (TPSA) is 34.1 Å². The van der Waals surface area contributed by atoms with Crippen LogP contribution in [-0.2, 0) is 9.59 Å². The van der Waals surface area contributed by atoms with E-state index >= 15 is 0 Å². The lowest BCUT2D eigenvalue weighted by molar-refractivity contribution is -0.138. The van der Waals surface area contributed by atoms with Crippen molar-refractivity contribution in [1.82, 2.24) is 0 Å². The van der Waals surface area contributed by atoms with E-state index in [1.807, 2.05) is 0 Å². The van der Waals surface area contributed by atoms with E-state index in [4.69, 9.17) is 0 Å². The minimum absolute atomic E-state index is 0.145. The zero-order valence-electron chi connectivity index (χ0n) is 15.4. The van der Waals surface area contributed by atoms with Crippen molar-refractivity contribution in [3.63, 3.8) is 0 Å². The predicted octanol–water partition coefficient (Wildman–Crippen LogP) is 4.97. The molecule has 128 valence electrons. The molecule has 0 saturated heterocycles. The standard InChI is InChI=1S/C21H32O2/c1-6-17-16-8-7-15-11-19(23)13(2)12-21(15,5)18(16)9-10-20(17,4)14(3)22/h7,13,16-18H,6,8-12H2,1-5H3. The fourth-order valence-corrected chi connectivity index (χ4v) is 6.34.